The number of carbonyl (C=O) groups is 1. The van der Waals surface area contributed by atoms with Crippen LogP contribution in [0.2, 0.25) is 6.32 Å². The Balaban J connectivity index is 3.88. The molecule has 0 saturated heterocycles. The number of ether oxygens (including phenoxy) is 1. The molecule has 0 amide bonds. The number of alkyl halides is 3. The van der Waals surface area contributed by atoms with Crippen molar-refractivity contribution in [3.63, 3.8) is 0 Å². The number of hydrogen-bond donors (Lipinski definition) is 0. The van der Waals surface area contributed by atoms with Crippen molar-refractivity contribution in [2.75, 3.05) is 6.61 Å². The molecular formula is C8H12BF3O4S. The monoisotopic (exact) mass is 272 g/mol. The highest BCUT2D eigenvalue weighted by atomic mass is 32.2. The van der Waals surface area contributed by atoms with Gasteiger partial charge >= 0.3 is 11.5 Å². The van der Waals surface area contributed by atoms with E-state index in [-0.39, 0.29) is 24.9 Å². The third-order valence-electron chi connectivity index (χ3n) is 1.74. The summed E-state index contributed by atoms with van der Waals surface area (Å²) in [5.74, 6) is -0.649. The minimum absolute atomic E-state index is 0.0499. The fourth-order valence-electron chi connectivity index (χ4n) is 0.798. The Hall–Kier alpha value is -0.985. The molecule has 17 heavy (non-hydrogen) atoms. The number of carbonyl (C=O) groups excluding carboxylic acids is 1. The van der Waals surface area contributed by atoms with E-state index in [1.165, 1.54) is 6.92 Å². The molecule has 0 heterocycles. The van der Waals surface area contributed by atoms with E-state index in [0.717, 1.165) is 0 Å². The summed E-state index contributed by atoms with van der Waals surface area (Å²) < 4.78 is 61.5. The summed E-state index contributed by atoms with van der Waals surface area (Å²) in [5.41, 5.74) is -5.05. The van der Waals surface area contributed by atoms with Crippen molar-refractivity contribution in [2.45, 2.75) is 25.2 Å². The predicted molar refractivity (Wildman–Crippen MR) is 57.3 cm³/mol. The van der Waals surface area contributed by atoms with Crippen LogP contribution in [-0.2, 0) is 19.2 Å². The highest BCUT2D eigenvalue weighted by molar-refractivity contribution is 8.15. The van der Waals surface area contributed by atoms with Crippen LogP contribution >= 0.6 is 0 Å². The lowest BCUT2D eigenvalue weighted by atomic mass is 10.0. The molecule has 0 fully saturated rings. The maximum absolute atomic E-state index is 11.9. The third-order valence-corrected chi connectivity index (χ3v) is 3.27. The first kappa shape index (κ1) is 16.0. The summed E-state index contributed by atoms with van der Waals surface area (Å²) in [4.78, 5) is 10.8. The molecule has 0 N–H and O–H groups in total. The number of hydrogen-bond acceptors (Lipinski definition) is 4. The normalized spacial score (nSPS) is 12.0. The van der Waals surface area contributed by atoms with Gasteiger partial charge in [0.05, 0.1) is 6.61 Å². The number of halogens is 3. The highest BCUT2D eigenvalue weighted by Crippen LogP contribution is 2.23. The van der Waals surface area contributed by atoms with Crippen LogP contribution in [-0.4, -0.2) is 33.1 Å². The minimum atomic E-state index is -5.22. The van der Waals surface area contributed by atoms with Crippen molar-refractivity contribution >= 4 is 22.2 Å². The van der Waals surface area contributed by atoms with E-state index in [9.17, 15) is 26.4 Å². The van der Waals surface area contributed by atoms with Gasteiger partial charge in [-0.2, -0.15) is 13.2 Å². The van der Waals surface area contributed by atoms with E-state index in [1.54, 1.807) is 0 Å². The first-order chi connectivity index (χ1) is 7.58. The zero-order chi connectivity index (χ0) is 13.7. The minimum Gasteiger partial charge on any atom is -0.462 e. The first-order valence-electron chi connectivity index (χ1n) is 4.69. The Morgan fingerprint density at radius 1 is 1.41 bits per heavy atom. The maximum atomic E-state index is 11.9. The van der Waals surface area contributed by atoms with Crippen molar-refractivity contribution in [2.24, 2.45) is 0 Å². The van der Waals surface area contributed by atoms with Crippen molar-refractivity contribution in [1.82, 2.24) is 0 Å². The van der Waals surface area contributed by atoms with Gasteiger partial charge in [-0.25, -0.2) is 13.2 Å². The van der Waals surface area contributed by atoms with Crippen LogP contribution in [0.1, 0.15) is 13.3 Å². The summed E-state index contributed by atoms with van der Waals surface area (Å²) >= 11 is 0. The molecule has 0 spiro atoms. The second-order valence-electron chi connectivity index (χ2n) is 3.39. The van der Waals surface area contributed by atoms with Crippen molar-refractivity contribution in [3.8, 4) is 0 Å². The van der Waals surface area contributed by atoms with Gasteiger partial charge in [-0.3, -0.25) is 0 Å². The Kier molecular flexibility index (Phi) is 5.73. The van der Waals surface area contributed by atoms with Crippen LogP contribution in [0.25, 0.3) is 0 Å². The second-order valence-corrected chi connectivity index (χ2v) is 5.49. The van der Waals surface area contributed by atoms with Crippen LogP contribution < -0.4 is 0 Å². The molecule has 9 heteroatoms. The summed E-state index contributed by atoms with van der Waals surface area (Å²) in [5, 5.41) is 0. The van der Waals surface area contributed by atoms with Gasteiger partial charge in [0.25, 0.3) is 6.56 Å². The Labute approximate surface area is 97.9 Å². The van der Waals surface area contributed by atoms with Gasteiger partial charge in [-0.1, -0.05) is 12.9 Å². The smallest absolute Gasteiger partial charge is 0.462 e. The molecule has 0 aromatic rings. The zero-order valence-corrected chi connectivity index (χ0v) is 10.0. The van der Waals surface area contributed by atoms with E-state index in [1.807, 2.05) is 0 Å². The molecular weight excluding hydrogens is 260 g/mol. The zero-order valence-electron chi connectivity index (χ0n) is 9.21. The van der Waals surface area contributed by atoms with Crippen LogP contribution in [0, 0.1) is 0 Å². The van der Waals surface area contributed by atoms with Gasteiger partial charge in [0, 0.05) is 5.57 Å². The fourth-order valence-corrected chi connectivity index (χ4v) is 1.61. The predicted octanol–water partition coefficient (Wildman–Crippen LogP) is 1.20. The van der Waals surface area contributed by atoms with Crippen LogP contribution in [0.3, 0.4) is 0 Å². The molecule has 0 radical (unpaired) electrons. The Morgan fingerprint density at radius 2 is 1.94 bits per heavy atom. The molecule has 0 rings (SSSR count). The van der Waals surface area contributed by atoms with Gasteiger partial charge in [-0.15, -0.1) is 0 Å². The molecule has 0 aliphatic heterocycles. The molecule has 0 aromatic heterocycles. The number of esters is 1. The van der Waals surface area contributed by atoms with E-state index >= 15 is 0 Å². The molecule has 98 valence electrons. The molecule has 0 aliphatic rings. The molecule has 0 aliphatic carbocycles. The molecule has 0 bridgehead atoms. The van der Waals surface area contributed by atoms with Gasteiger partial charge in [-0.05, 0) is 13.3 Å². The Bertz CT molecular complexity index is 388. The molecule has 0 aromatic carbocycles. The lowest BCUT2D eigenvalue weighted by Gasteiger charge is -2.07. The summed E-state index contributed by atoms with van der Waals surface area (Å²) in [6, 6.07) is 0. The molecule has 4 nitrogen and oxygen atoms in total. The van der Waals surface area contributed by atoms with Crippen LogP contribution in [0.4, 0.5) is 13.2 Å². The van der Waals surface area contributed by atoms with Gasteiger partial charge in [0.1, 0.15) is 0 Å². The molecule has 0 saturated carbocycles. The third kappa shape index (κ3) is 5.76. The van der Waals surface area contributed by atoms with Crippen LogP contribution in [0.15, 0.2) is 12.2 Å². The lowest BCUT2D eigenvalue weighted by molar-refractivity contribution is -0.138. The average molecular weight is 272 g/mol. The van der Waals surface area contributed by atoms with Gasteiger partial charge < -0.3 is 4.74 Å². The summed E-state index contributed by atoms with van der Waals surface area (Å²) in [6.07, 6.45) is -0.167. The molecule has 0 atom stereocenters. The maximum Gasteiger partial charge on any atom is 0.486 e. The standard InChI is InChI=1S/C8H12BF3O4S/c1-6(2)7(13)16-5-3-4-9-17(14,15)8(10,11)12/h9H,1,3-5H2,2H3. The summed E-state index contributed by atoms with van der Waals surface area (Å²) in [7, 11) is -5.07. The lowest BCUT2D eigenvalue weighted by Crippen LogP contribution is -2.28. The van der Waals surface area contributed by atoms with Crippen molar-refractivity contribution in [1.29, 1.82) is 0 Å². The van der Waals surface area contributed by atoms with E-state index in [0.29, 0.717) is 0 Å². The Morgan fingerprint density at radius 3 is 2.35 bits per heavy atom. The van der Waals surface area contributed by atoms with E-state index < -0.39 is 27.7 Å². The van der Waals surface area contributed by atoms with Gasteiger partial charge in [0.2, 0.25) is 0 Å². The van der Waals surface area contributed by atoms with Crippen molar-refractivity contribution in [3.05, 3.63) is 12.2 Å². The molecule has 0 unspecified atom stereocenters. The highest BCUT2D eigenvalue weighted by Gasteiger charge is 2.44. The SMILES string of the molecule is C=C(C)C(=O)OCCCBS(=O)(=O)C(F)(F)F. The fraction of sp³-hybridized carbons (Fsp3) is 0.625. The van der Waals surface area contributed by atoms with Crippen LogP contribution in [0.5, 0.6) is 0 Å². The first-order valence-corrected chi connectivity index (χ1v) is 6.35. The number of rotatable bonds is 6. The van der Waals surface area contributed by atoms with E-state index in [4.69, 9.17) is 0 Å². The van der Waals surface area contributed by atoms with Crippen molar-refractivity contribution < 1.29 is 31.1 Å². The summed E-state index contributed by atoms with van der Waals surface area (Å²) in [6.45, 7) is 3.61. The van der Waals surface area contributed by atoms with Gasteiger partial charge in [0.15, 0.2) is 9.69 Å². The topological polar surface area (TPSA) is 60.4 Å². The largest absolute Gasteiger partial charge is 0.486 e. The second kappa shape index (κ2) is 6.09. The quantitative estimate of drug-likeness (QED) is 0.315. The van der Waals surface area contributed by atoms with E-state index in [2.05, 4.69) is 11.3 Å². The average Bonchev–Trinajstić information content (AvgIpc) is 2.14.